The van der Waals surface area contributed by atoms with Crippen LogP contribution in [-0.2, 0) is 6.18 Å². The molecule has 0 aromatic heterocycles. The zero-order chi connectivity index (χ0) is 18.0. The average Bonchev–Trinajstić information content (AvgIpc) is 2.51. The van der Waals surface area contributed by atoms with Gasteiger partial charge in [-0.3, -0.25) is 0 Å². The molecule has 7 heteroatoms. The number of hydrogen-bond acceptors (Lipinski definition) is 2. The Morgan fingerprint density at radius 1 is 1.12 bits per heavy atom. The number of benzene rings is 1. The number of carbonyl (C=O) groups is 1. The third kappa shape index (κ3) is 5.04. The highest BCUT2D eigenvalue weighted by Crippen LogP contribution is 2.31. The first-order valence-corrected chi connectivity index (χ1v) is 8.01. The molecule has 1 N–H and O–H groups in total. The summed E-state index contributed by atoms with van der Waals surface area (Å²) >= 11 is 0. The van der Waals surface area contributed by atoms with Crippen molar-refractivity contribution in [3.05, 3.63) is 29.8 Å². The SMILES string of the molecule is CC(C)(C)CNC(=O)N1CCN(c2cccc(C(F)(F)F)c2)CC1. The highest BCUT2D eigenvalue weighted by molar-refractivity contribution is 5.74. The van der Waals surface area contributed by atoms with E-state index in [1.54, 1.807) is 11.0 Å². The standard InChI is InChI=1S/C17H24F3N3O/c1-16(2,3)12-21-15(24)23-9-7-22(8-10-23)14-6-4-5-13(11-14)17(18,19)20/h4-6,11H,7-10,12H2,1-3H3,(H,21,24). The lowest BCUT2D eigenvalue weighted by atomic mass is 9.97. The molecule has 24 heavy (non-hydrogen) atoms. The van der Waals surface area contributed by atoms with Crippen LogP contribution in [0, 0.1) is 5.41 Å². The molecule has 1 saturated heterocycles. The summed E-state index contributed by atoms with van der Waals surface area (Å²) in [6.45, 7) is 8.73. The second kappa shape index (κ2) is 6.91. The van der Waals surface area contributed by atoms with Crippen molar-refractivity contribution in [2.75, 3.05) is 37.6 Å². The third-order valence-corrected chi connectivity index (χ3v) is 3.88. The fourth-order valence-electron chi connectivity index (χ4n) is 2.50. The van der Waals surface area contributed by atoms with Crippen LogP contribution in [0.1, 0.15) is 26.3 Å². The summed E-state index contributed by atoms with van der Waals surface area (Å²) in [5.41, 5.74) is -0.0971. The first-order chi connectivity index (χ1) is 11.1. The molecule has 0 bridgehead atoms. The number of anilines is 1. The van der Waals surface area contributed by atoms with Crippen LogP contribution in [0.2, 0.25) is 0 Å². The monoisotopic (exact) mass is 343 g/mol. The Morgan fingerprint density at radius 3 is 2.29 bits per heavy atom. The van der Waals surface area contributed by atoms with Crippen molar-refractivity contribution in [2.24, 2.45) is 5.41 Å². The Morgan fingerprint density at radius 2 is 1.75 bits per heavy atom. The van der Waals surface area contributed by atoms with Gasteiger partial charge in [0.15, 0.2) is 0 Å². The van der Waals surface area contributed by atoms with Crippen molar-refractivity contribution in [1.29, 1.82) is 0 Å². The molecule has 1 aliphatic heterocycles. The van der Waals surface area contributed by atoms with Gasteiger partial charge in [0.1, 0.15) is 0 Å². The predicted molar refractivity (Wildman–Crippen MR) is 88.1 cm³/mol. The zero-order valence-corrected chi connectivity index (χ0v) is 14.3. The topological polar surface area (TPSA) is 35.6 Å². The number of amides is 2. The van der Waals surface area contributed by atoms with E-state index in [0.717, 1.165) is 12.1 Å². The minimum Gasteiger partial charge on any atom is -0.368 e. The van der Waals surface area contributed by atoms with E-state index in [1.807, 2.05) is 25.7 Å². The number of nitrogens with one attached hydrogen (secondary N) is 1. The highest BCUT2D eigenvalue weighted by Gasteiger charge is 2.31. The largest absolute Gasteiger partial charge is 0.416 e. The number of rotatable bonds is 2. The number of urea groups is 1. The Bertz CT molecular complexity index is 573. The summed E-state index contributed by atoms with van der Waals surface area (Å²) in [5, 5.41) is 2.90. The molecule has 4 nitrogen and oxygen atoms in total. The summed E-state index contributed by atoms with van der Waals surface area (Å²) in [6, 6.07) is 5.20. The molecule has 0 atom stereocenters. The molecule has 2 rings (SSSR count). The molecule has 1 fully saturated rings. The van der Waals surface area contributed by atoms with Gasteiger partial charge in [-0.15, -0.1) is 0 Å². The van der Waals surface area contributed by atoms with Crippen LogP contribution in [0.5, 0.6) is 0 Å². The molecule has 0 spiro atoms. The number of nitrogens with zero attached hydrogens (tertiary/aromatic N) is 2. The fourth-order valence-corrected chi connectivity index (χ4v) is 2.50. The van der Waals surface area contributed by atoms with E-state index >= 15 is 0 Å². The van der Waals surface area contributed by atoms with E-state index < -0.39 is 11.7 Å². The van der Waals surface area contributed by atoms with Gasteiger partial charge in [0.05, 0.1) is 5.56 Å². The van der Waals surface area contributed by atoms with Gasteiger partial charge in [-0.2, -0.15) is 13.2 Å². The van der Waals surface area contributed by atoms with Gasteiger partial charge in [-0.05, 0) is 23.6 Å². The molecule has 1 aromatic rings. The van der Waals surface area contributed by atoms with Gasteiger partial charge < -0.3 is 15.1 Å². The normalized spacial score (nSPS) is 16.2. The lowest BCUT2D eigenvalue weighted by Crippen LogP contribution is -2.52. The average molecular weight is 343 g/mol. The van der Waals surface area contributed by atoms with Gasteiger partial charge >= 0.3 is 12.2 Å². The van der Waals surface area contributed by atoms with E-state index in [4.69, 9.17) is 0 Å². The highest BCUT2D eigenvalue weighted by atomic mass is 19.4. The van der Waals surface area contributed by atoms with Crippen molar-refractivity contribution in [1.82, 2.24) is 10.2 Å². The van der Waals surface area contributed by atoms with Crippen LogP contribution in [0.4, 0.5) is 23.7 Å². The van der Waals surface area contributed by atoms with Gasteiger partial charge in [-0.25, -0.2) is 4.79 Å². The van der Waals surface area contributed by atoms with E-state index in [2.05, 4.69) is 5.32 Å². The van der Waals surface area contributed by atoms with Gasteiger partial charge in [-0.1, -0.05) is 26.8 Å². The van der Waals surface area contributed by atoms with Crippen LogP contribution >= 0.6 is 0 Å². The van der Waals surface area contributed by atoms with Crippen molar-refractivity contribution in [2.45, 2.75) is 26.9 Å². The van der Waals surface area contributed by atoms with Crippen molar-refractivity contribution < 1.29 is 18.0 Å². The Kier molecular flexibility index (Phi) is 5.30. The van der Waals surface area contributed by atoms with Gasteiger partial charge in [0.25, 0.3) is 0 Å². The molecule has 1 aromatic carbocycles. The second-order valence-corrected chi connectivity index (χ2v) is 7.24. The molecular formula is C17H24F3N3O. The van der Waals surface area contributed by atoms with E-state index in [0.29, 0.717) is 38.4 Å². The second-order valence-electron chi connectivity index (χ2n) is 7.24. The van der Waals surface area contributed by atoms with E-state index in [-0.39, 0.29) is 11.4 Å². The number of hydrogen-bond donors (Lipinski definition) is 1. The molecule has 2 amide bonds. The maximum atomic E-state index is 12.8. The van der Waals surface area contributed by atoms with E-state index in [1.165, 1.54) is 6.07 Å². The Labute approximate surface area is 140 Å². The predicted octanol–water partition coefficient (Wildman–Crippen LogP) is 3.58. The molecule has 1 heterocycles. The molecule has 0 saturated carbocycles. The summed E-state index contributed by atoms with van der Waals surface area (Å²) in [6.07, 6.45) is -4.34. The van der Waals surface area contributed by atoms with Crippen LogP contribution in [0.15, 0.2) is 24.3 Å². The van der Waals surface area contributed by atoms with Crippen molar-refractivity contribution >= 4 is 11.7 Å². The van der Waals surface area contributed by atoms with E-state index in [9.17, 15) is 18.0 Å². The number of halogens is 3. The number of piperazine rings is 1. The number of carbonyl (C=O) groups excluding carboxylic acids is 1. The molecule has 0 radical (unpaired) electrons. The molecule has 134 valence electrons. The first-order valence-electron chi connectivity index (χ1n) is 8.01. The van der Waals surface area contributed by atoms with Crippen LogP contribution in [0.3, 0.4) is 0 Å². The molecular weight excluding hydrogens is 319 g/mol. The summed E-state index contributed by atoms with van der Waals surface area (Å²) in [4.78, 5) is 15.7. The van der Waals surface area contributed by atoms with Gasteiger partial charge in [0, 0.05) is 38.4 Å². The van der Waals surface area contributed by atoms with Crippen molar-refractivity contribution in [3.8, 4) is 0 Å². The minimum atomic E-state index is -4.34. The Hall–Kier alpha value is -1.92. The van der Waals surface area contributed by atoms with Gasteiger partial charge in [0.2, 0.25) is 0 Å². The smallest absolute Gasteiger partial charge is 0.368 e. The summed E-state index contributed by atoms with van der Waals surface area (Å²) in [5.74, 6) is 0. The zero-order valence-electron chi connectivity index (χ0n) is 14.3. The maximum absolute atomic E-state index is 12.8. The lowest BCUT2D eigenvalue weighted by molar-refractivity contribution is -0.137. The summed E-state index contributed by atoms with van der Waals surface area (Å²) in [7, 11) is 0. The Balaban J connectivity index is 1.92. The molecule has 1 aliphatic rings. The quantitative estimate of drug-likeness (QED) is 0.891. The third-order valence-electron chi connectivity index (χ3n) is 3.88. The minimum absolute atomic E-state index is 0.00944. The first kappa shape index (κ1) is 18.4. The van der Waals surface area contributed by atoms with Crippen molar-refractivity contribution in [3.63, 3.8) is 0 Å². The van der Waals surface area contributed by atoms with Crippen LogP contribution in [-0.4, -0.2) is 43.7 Å². The van der Waals surface area contributed by atoms with Crippen LogP contribution in [0.25, 0.3) is 0 Å². The van der Waals surface area contributed by atoms with Crippen LogP contribution < -0.4 is 10.2 Å². The lowest BCUT2D eigenvalue weighted by Gasteiger charge is -2.36. The maximum Gasteiger partial charge on any atom is 0.416 e. The molecule has 0 unspecified atom stereocenters. The summed E-state index contributed by atoms with van der Waals surface area (Å²) < 4.78 is 38.4. The molecule has 0 aliphatic carbocycles. The number of alkyl halides is 3. The fraction of sp³-hybridized carbons (Fsp3) is 0.588.